The second-order valence-corrected chi connectivity index (χ2v) is 8.30. The number of benzene rings is 1. The van der Waals surface area contributed by atoms with E-state index in [1.54, 1.807) is 12.3 Å². The molecule has 3 aromatic rings. The fraction of sp³-hybridized carbons (Fsp3) is 0.304. The molecule has 2 heterocycles. The van der Waals surface area contributed by atoms with Crippen molar-refractivity contribution in [1.29, 1.82) is 0 Å². The predicted molar refractivity (Wildman–Crippen MR) is 131 cm³/mol. The number of hydrogen-bond acceptors (Lipinski definition) is 7. The van der Waals surface area contributed by atoms with Crippen LogP contribution in [0.3, 0.4) is 0 Å². The maximum Gasteiger partial charge on any atom is 0.326 e. The topological polar surface area (TPSA) is 238 Å². The molecule has 14 heteroatoms. The van der Waals surface area contributed by atoms with Crippen LogP contribution >= 0.6 is 0 Å². The third-order valence-corrected chi connectivity index (χ3v) is 5.57. The largest absolute Gasteiger partial charge is 0.480 e. The number of hydrogen-bond donors (Lipinski definition) is 8. The summed E-state index contributed by atoms with van der Waals surface area (Å²) in [6.45, 7) is -0.383. The zero-order valence-corrected chi connectivity index (χ0v) is 19.7. The lowest BCUT2D eigenvalue weighted by Gasteiger charge is -2.23. The van der Waals surface area contributed by atoms with E-state index in [1.807, 2.05) is 18.2 Å². The summed E-state index contributed by atoms with van der Waals surface area (Å²) >= 11 is 0. The van der Waals surface area contributed by atoms with Crippen molar-refractivity contribution in [3.05, 3.63) is 54.2 Å². The SMILES string of the molecule is NCC(=O)NC(Cc1cnc[nH]1)C(=O)NC(CC(N)=O)C(=O)NC(Cc1c[nH]c2ccccc12)C(=O)O. The predicted octanol–water partition coefficient (Wildman–Crippen LogP) is -1.95. The van der Waals surface area contributed by atoms with Crippen LogP contribution in [0, 0.1) is 0 Å². The third-order valence-electron chi connectivity index (χ3n) is 5.57. The van der Waals surface area contributed by atoms with Crippen LogP contribution < -0.4 is 27.4 Å². The average molecular weight is 513 g/mol. The van der Waals surface area contributed by atoms with Gasteiger partial charge in [0.1, 0.15) is 18.1 Å². The molecule has 0 saturated carbocycles. The number of nitrogens with two attached hydrogens (primary N) is 2. The number of carboxylic acids is 1. The van der Waals surface area contributed by atoms with Gasteiger partial charge in [0, 0.05) is 41.8 Å². The molecule has 3 unspecified atom stereocenters. The second-order valence-electron chi connectivity index (χ2n) is 8.30. The summed E-state index contributed by atoms with van der Waals surface area (Å²) in [5, 5.41) is 17.7. The van der Waals surface area contributed by atoms with Gasteiger partial charge in [-0.25, -0.2) is 9.78 Å². The Labute approximate surface area is 210 Å². The van der Waals surface area contributed by atoms with E-state index in [9.17, 15) is 29.1 Å². The summed E-state index contributed by atoms with van der Waals surface area (Å²) in [5.74, 6) is -4.57. The Hall–Kier alpha value is -4.72. The fourth-order valence-corrected chi connectivity index (χ4v) is 3.75. The first kappa shape index (κ1) is 26.9. The van der Waals surface area contributed by atoms with E-state index in [1.165, 1.54) is 12.5 Å². The summed E-state index contributed by atoms with van der Waals surface area (Å²) < 4.78 is 0. The highest BCUT2D eigenvalue weighted by Gasteiger charge is 2.31. The molecule has 14 nitrogen and oxygen atoms in total. The monoisotopic (exact) mass is 512 g/mol. The van der Waals surface area contributed by atoms with Crippen LogP contribution in [0.15, 0.2) is 43.0 Å². The summed E-state index contributed by atoms with van der Waals surface area (Å²) in [6, 6.07) is 3.25. The van der Waals surface area contributed by atoms with Gasteiger partial charge in [-0.15, -0.1) is 0 Å². The van der Waals surface area contributed by atoms with Crippen molar-refractivity contribution >= 4 is 40.5 Å². The zero-order valence-electron chi connectivity index (χ0n) is 19.7. The number of carbonyl (C=O) groups excluding carboxylic acids is 4. The first-order valence-electron chi connectivity index (χ1n) is 11.3. The van der Waals surface area contributed by atoms with E-state index in [0.717, 1.165) is 10.9 Å². The van der Waals surface area contributed by atoms with Gasteiger partial charge in [-0.05, 0) is 11.6 Å². The number of imidazole rings is 1. The quantitative estimate of drug-likeness (QED) is 0.128. The Kier molecular flexibility index (Phi) is 8.94. The Bertz CT molecular complexity index is 1270. The van der Waals surface area contributed by atoms with E-state index in [0.29, 0.717) is 11.3 Å². The van der Waals surface area contributed by atoms with Crippen LogP contribution in [0.1, 0.15) is 17.7 Å². The molecule has 1 aromatic carbocycles. The first-order valence-corrected chi connectivity index (χ1v) is 11.3. The average Bonchev–Trinajstić information content (AvgIpc) is 3.52. The normalized spacial score (nSPS) is 13.3. The number of aromatic nitrogens is 3. The summed E-state index contributed by atoms with van der Waals surface area (Å²) in [5.41, 5.74) is 12.6. The minimum absolute atomic E-state index is 0.0131. The van der Waals surface area contributed by atoms with Crippen LogP contribution in [-0.2, 0) is 36.8 Å². The van der Waals surface area contributed by atoms with Gasteiger partial charge in [0.15, 0.2) is 0 Å². The highest BCUT2D eigenvalue weighted by atomic mass is 16.4. The van der Waals surface area contributed by atoms with Crippen LogP contribution in [0.4, 0.5) is 0 Å². The number of rotatable bonds is 13. The Morgan fingerprint density at radius 1 is 0.946 bits per heavy atom. The Morgan fingerprint density at radius 3 is 2.30 bits per heavy atom. The lowest BCUT2D eigenvalue weighted by atomic mass is 10.0. The fourth-order valence-electron chi connectivity index (χ4n) is 3.75. The van der Waals surface area contributed by atoms with E-state index < -0.39 is 54.1 Å². The van der Waals surface area contributed by atoms with Gasteiger partial charge >= 0.3 is 5.97 Å². The van der Waals surface area contributed by atoms with Crippen LogP contribution in [-0.4, -0.2) is 74.3 Å². The van der Waals surface area contributed by atoms with Gasteiger partial charge in [0.05, 0.1) is 19.3 Å². The van der Waals surface area contributed by atoms with E-state index in [4.69, 9.17) is 11.5 Å². The number of nitrogens with one attached hydrogen (secondary N) is 5. The smallest absolute Gasteiger partial charge is 0.326 e. The van der Waals surface area contributed by atoms with Gasteiger partial charge in [0.25, 0.3) is 0 Å². The number of aliphatic carboxylic acids is 1. The van der Waals surface area contributed by atoms with E-state index in [2.05, 4.69) is 30.9 Å². The van der Waals surface area contributed by atoms with Gasteiger partial charge < -0.3 is 42.5 Å². The molecule has 10 N–H and O–H groups in total. The molecule has 0 fully saturated rings. The molecule has 2 aromatic heterocycles. The molecule has 0 saturated heterocycles. The Morgan fingerprint density at radius 2 is 1.65 bits per heavy atom. The molecule has 3 atom stereocenters. The van der Waals surface area contributed by atoms with Gasteiger partial charge in [-0.2, -0.15) is 0 Å². The number of primary amides is 1. The molecular weight excluding hydrogens is 484 g/mol. The minimum atomic E-state index is -1.49. The molecular formula is C23H28N8O6. The van der Waals surface area contributed by atoms with Crippen molar-refractivity contribution in [3.8, 4) is 0 Å². The molecule has 0 bridgehead atoms. The molecule has 37 heavy (non-hydrogen) atoms. The van der Waals surface area contributed by atoms with E-state index >= 15 is 0 Å². The third kappa shape index (κ3) is 7.38. The number of H-pyrrole nitrogens is 2. The maximum absolute atomic E-state index is 13.0. The molecule has 0 aliphatic carbocycles. The molecule has 4 amide bonds. The number of carbonyl (C=O) groups is 5. The van der Waals surface area contributed by atoms with Gasteiger partial charge in [-0.1, -0.05) is 18.2 Å². The molecule has 0 spiro atoms. The number of aromatic amines is 2. The number of para-hydroxylation sites is 1. The number of fused-ring (bicyclic) bond motifs is 1. The highest BCUT2D eigenvalue weighted by Crippen LogP contribution is 2.19. The molecule has 0 aliphatic rings. The Balaban J connectivity index is 1.75. The summed E-state index contributed by atoms with van der Waals surface area (Å²) in [6.07, 6.45) is 3.81. The standard InChI is InChI=1S/C23H28N8O6/c24-8-20(33)29-16(6-13-10-26-11-28-13)21(34)30-17(7-19(25)32)22(35)31-18(23(36)37)5-12-9-27-15-4-2-1-3-14(12)15/h1-4,9-11,16-18,27H,5-8,24H2,(H2,25,32)(H,26,28)(H,29,33)(H,30,34)(H,31,35)(H,36,37). The van der Waals surface area contributed by atoms with Crippen molar-refractivity contribution in [1.82, 2.24) is 30.9 Å². The van der Waals surface area contributed by atoms with Crippen molar-refractivity contribution in [2.45, 2.75) is 37.4 Å². The maximum atomic E-state index is 13.0. The molecule has 3 rings (SSSR count). The van der Waals surface area contributed by atoms with Crippen molar-refractivity contribution < 1.29 is 29.1 Å². The van der Waals surface area contributed by atoms with Crippen molar-refractivity contribution in [2.24, 2.45) is 11.5 Å². The van der Waals surface area contributed by atoms with Gasteiger partial charge in [0.2, 0.25) is 23.6 Å². The number of amides is 4. The van der Waals surface area contributed by atoms with Crippen molar-refractivity contribution in [3.63, 3.8) is 0 Å². The van der Waals surface area contributed by atoms with Crippen LogP contribution in [0.2, 0.25) is 0 Å². The molecule has 196 valence electrons. The second kappa shape index (κ2) is 12.3. The lowest BCUT2D eigenvalue weighted by molar-refractivity contribution is -0.142. The summed E-state index contributed by atoms with van der Waals surface area (Å²) in [4.78, 5) is 71.1. The van der Waals surface area contributed by atoms with Crippen LogP contribution in [0.5, 0.6) is 0 Å². The number of carboxylic acid groups (broad SMARTS) is 1. The summed E-state index contributed by atoms with van der Waals surface area (Å²) in [7, 11) is 0. The molecule has 0 aliphatic heterocycles. The van der Waals surface area contributed by atoms with Gasteiger partial charge in [-0.3, -0.25) is 19.2 Å². The van der Waals surface area contributed by atoms with Crippen molar-refractivity contribution in [2.75, 3.05) is 6.54 Å². The first-order chi connectivity index (χ1) is 17.7. The van der Waals surface area contributed by atoms with Crippen LogP contribution in [0.25, 0.3) is 10.9 Å². The zero-order chi connectivity index (χ0) is 26.9. The van der Waals surface area contributed by atoms with E-state index in [-0.39, 0.29) is 19.4 Å². The minimum Gasteiger partial charge on any atom is -0.480 e. The lowest BCUT2D eigenvalue weighted by Crippen LogP contribution is -2.57. The number of nitrogens with zero attached hydrogens (tertiary/aromatic N) is 1. The highest BCUT2D eigenvalue weighted by molar-refractivity contribution is 5.96. The molecule has 0 radical (unpaired) electrons.